The molecule has 1 aliphatic heterocycles. The molecule has 0 aromatic heterocycles. The molecule has 2 aromatic carbocycles. The lowest BCUT2D eigenvalue weighted by Gasteiger charge is -2.34. The maximum absolute atomic E-state index is 12.2. The molecule has 0 bridgehead atoms. The van der Waals surface area contributed by atoms with Crippen LogP contribution in [0.3, 0.4) is 0 Å². The van der Waals surface area contributed by atoms with Gasteiger partial charge in [0.15, 0.2) is 0 Å². The van der Waals surface area contributed by atoms with Crippen molar-refractivity contribution >= 4 is 43.4 Å². The van der Waals surface area contributed by atoms with Gasteiger partial charge in [-0.2, -0.15) is 0 Å². The Morgan fingerprint density at radius 1 is 0.871 bits per heavy atom. The van der Waals surface area contributed by atoms with Gasteiger partial charge in [-0.15, -0.1) is 37.4 Å². The Bertz CT molecular complexity index is 801. The summed E-state index contributed by atoms with van der Waals surface area (Å²) in [5, 5.41) is -1.72. The number of rotatable bonds is 8. The van der Waals surface area contributed by atoms with E-state index in [1.807, 2.05) is 24.3 Å². The first kappa shape index (κ1) is 27.7. The molecule has 172 valence electrons. The normalized spacial score (nSPS) is 14.9. The van der Waals surface area contributed by atoms with Crippen LogP contribution in [0.5, 0.6) is 5.75 Å². The molecule has 9 heteroatoms. The molecule has 1 aliphatic rings. The zero-order valence-corrected chi connectivity index (χ0v) is 20.3. The Labute approximate surface area is 202 Å². The number of nitrogens with zero attached hydrogens (tertiary/aromatic N) is 2. The molecule has 0 aliphatic carbocycles. The summed E-state index contributed by atoms with van der Waals surface area (Å²) in [6, 6.07) is 18.1. The van der Waals surface area contributed by atoms with Crippen molar-refractivity contribution in [2.24, 2.45) is 0 Å². The van der Waals surface area contributed by atoms with Crippen LogP contribution in [-0.2, 0) is 27.4 Å². The number of benzene rings is 2. The Morgan fingerprint density at radius 3 is 1.94 bits per heavy atom. The summed E-state index contributed by atoms with van der Waals surface area (Å²) in [5.74, 6) is -0.264. The summed E-state index contributed by atoms with van der Waals surface area (Å²) in [6.07, 6.45) is 0. The number of hydrogen-bond donors (Lipinski definition) is 1. The summed E-state index contributed by atoms with van der Waals surface area (Å²) in [5.41, 5.74) is 2.44. The van der Waals surface area contributed by atoms with Gasteiger partial charge in [0.1, 0.15) is 5.75 Å². The van der Waals surface area contributed by atoms with Crippen LogP contribution in [0.2, 0.25) is 0 Å². The molecule has 1 fully saturated rings. The minimum Gasteiger partial charge on any atom is -0.422 e. The van der Waals surface area contributed by atoms with E-state index in [0.717, 1.165) is 44.8 Å². The zero-order valence-electron chi connectivity index (χ0n) is 17.7. The molecule has 2 aromatic rings. The molecule has 0 saturated carbocycles. The second-order valence-electron chi connectivity index (χ2n) is 7.06. The molecule has 0 amide bonds. The third-order valence-corrected chi connectivity index (χ3v) is 5.59. The topological polar surface area (TPSA) is 51.2 Å². The van der Waals surface area contributed by atoms with Crippen LogP contribution < -0.4 is 4.74 Å². The summed E-state index contributed by atoms with van der Waals surface area (Å²) < 4.78 is 15.3. The molecule has 1 saturated heterocycles. The third kappa shape index (κ3) is 7.95. The Hall–Kier alpha value is -1.32. The zero-order chi connectivity index (χ0) is 20.7. The molecule has 31 heavy (non-hydrogen) atoms. The maximum atomic E-state index is 12.2. The molecule has 0 unspecified atom stereocenters. The average Bonchev–Trinajstić information content (AvgIpc) is 2.75. The van der Waals surface area contributed by atoms with Crippen LogP contribution in [-0.4, -0.2) is 61.3 Å². The van der Waals surface area contributed by atoms with Gasteiger partial charge in [0.05, 0.1) is 0 Å². The van der Waals surface area contributed by atoms with Gasteiger partial charge in [-0.1, -0.05) is 42.5 Å². The molecule has 0 atom stereocenters. The number of esters is 1. The Balaban J connectivity index is 0.00000240. The first-order valence-corrected chi connectivity index (χ1v) is 10.1. The highest BCUT2D eigenvalue weighted by molar-refractivity contribution is 7.82. The fourth-order valence-electron chi connectivity index (χ4n) is 3.33. The molecule has 3 rings (SSSR count). The lowest BCUT2D eigenvalue weighted by Crippen LogP contribution is -2.45. The highest BCUT2D eigenvalue weighted by Crippen LogP contribution is 2.22. The van der Waals surface area contributed by atoms with Gasteiger partial charge in [0.2, 0.25) is 0 Å². The van der Waals surface area contributed by atoms with E-state index < -0.39 is 11.1 Å². The van der Waals surface area contributed by atoms with E-state index in [1.165, 1.54) is 19.8 Å². The van der Waals surface area contributed by atoms with Gasteiger partial charge < -0.3 is 14.2 Å². The van der Waals surface area contributed by atoms with Crippen molar-refractivity contribution in [2.45, 2.75) is 18.2 Å². The molecule has 0 radical (unpaired) electrons. The van der Waals surface area contributed by atoms with Gasteiger partial charge in [0.25, 0.3) is 0 Å². The van der Waals surface area contributed by atoms with E-state index in [-0.39, 0.29) is 24.8 Å². The Morgan fingerprint density at radius 2 is 1.39 bits per heavy atom. The van der Waals surface area contributed by atoms with Crippen molar-refractivity contribution in [2.75, 3.05) is 40.4 Å². The predicted octanol–water partition coefficient (Wildman–Crippen LogP) is 3.63. The number of halogens is 2. The SMILES string of the molecule is COC(S)(OC)C(=O)Oc1cccc(CN2CCN(Cc3ccccc3)CC2)c1.Cl.Cl. The number of piperazine rings is 1. The average molecular weight is 489 g/mol. The van der Waals surface area contributed by atoms with Crippen LogP contribution >= 0.6 is 37.4 Å². The summed E-state index contributed by atoms with van der Waals surface area (Å²) >= 11 is 4.09. The highest BCUT2D eigenvalue weighted by atomic mass is 35.5. The van der Waals surface area contributed by atoms with Crippen LogP contribution in [0.1, 0.15) is 11.1 Å². The van der Waals surface area contributed by atoms with Gasteiger partial charge in [-0.25, -0.2) is 4.79 Å². The van der Waals surface area contributed by atoms with E-state index in [4.69, 9.17) is 14.2 Å². The number of carbonyl (C=O) groups excluding carboxylic acids is 1. The van der Waals surface area contributed by atoms with Crippen molar-refractivity contribution in [3.8, 4) is 5.75 Å². The van der Waals surface area contributed by atoms with E-state index in [9.17, 15) is 4.79 Å². The largest absolute Gasteiger partial charge is 0.422 e. The summed E-state index contributed by atoms with van der Waals surface area (Å²) in [4.78, 5) is 17.1. The van der Waals surface area contributed by atoms with Crippen LogP contribution in [0.25, 0.3) is 0 Å². The number of thiol groups is 1. The standard InChI is InChI=1S/C22H28N2O4S.2ClH/c1-26-22(29,27-2)21(25)28-20-10-6-9-19(15-20)17-24-13-11-23(12-14-24)16-18-7-4-3-5-8-18;;/h3-10,15,29H,11-14,16-17H2,1-2H3;2*1H. The fourth-order valence-corrected chi connectivity index (χ4v) is 3.38. The van der Waals surface area contributed by atoms with Crippen LogP contribution in [0.4, 0.5) is 0 Å². The third-order valence-electron chi connectivity index (χ3n) is 5.04. The van der Waals surface area contributed by atoms with E-state index in [0.29, 0.717) is 5.75 Å². The minimum absolute atomic E-state index is 0. The highest BCUT2D eigenvalue weighted by Gasteiger charge is 2.37. The van der Waals surface area contributed by atoms with Crippen molar-refractivity contribution in [3.05, 3.63) is 65.7 Å². The van der Waals surface area contributed by atoms with Crippen LogP contribution in [0, 0.1) is 0 Å². The second-order valence-corrected chi connectivity index (χ2v) is 7.65. The lowest BCUT2D eigenvalue weighted by atomic mass is 10.1. The van der Waals surface area contributed by atoms with Gasteiger partial charge in [-0.05, 0) is 23.3 Å². The number of carbonyl (C=O) groups is 1. The van der Waals surface area contributed by atoms with Crippen molar-refractivity contribution < 1.29 is 19.0 Å². The Kier molecular flexibility index (Phi) is 11.9. The maximum Gasteiger partial charge on any atom is 0.383 e. The fraction of sp³-hybridized carbons (Fsp3) is 0.409. The van der Waals surface area contributed by atoms with Crippen molar-refractivity contribution in [3.63, 3.8) is 0 Å². The van der Waals surface area contributed by atoms with Crippen molar-refractivity contribution in [1.29, 1.82) is 0 Å². The van der Waals surface area contributed by atoms with Gasteiger partial charge >= 0.3 is 11.1 Å². The second kappa shape index (κ2) is 13.3. The van der Waals surface area contributed by atoms with Crippen LogP contribution in [0.15, 0.2) is 54.6 Å². The first-order valence-electron chi connectivity index (χ1n) is 9.65. The number of hydrogen-bond acceptors (Lipinski definition) is 7. The summed E-state index contributed by atoms with van der Waals surface area (Å²) in [6.45, 7) is 5.88. The van der Waals surface area contributed by atoms with E-state index >= 15 is 0 Å². The molecule has 0 spiro atoms. The number of ether oxygens (including phenoxy) is 3. The molecular weight excluding hydrogens is 459 g/mol. The van der Waals surface area contributed by atoms with Gasteiger partial charge in [-0.3, -0.25) is 9.80 Å². The quantitative estimate of drug-likeness (QED) is 0.265. The molecule has 6 nitrogen and oxygen atoms in total. The predicted molar refractivity (Wildman–Crippen MR) is 129 cm³/mol. The van der Waals surface area contributed by atoms with E-state index in [2.05, 4.69) is 46.7 Å². The molecular formula is C22H30Cl2N2O4S. The lowest BCUT2D eigenvalue weighted by molar-refractivity contribution is -0.185. The molecule has 0 N–H and O–H groups in total. The smallest absolute Gasteiger partial charge is 0.383 e. The summed E-state index contributed by atoms with van der Waals surface area (Å²) in [7, 11) is 2.68. The van der Waals surface area contributed by atoms with Crippen molar-refractivity contribution in [1.82, 2.24) is 9.80 Å². The van der Waals surface area contributed by atoms with Gasteiger partial charge in [0, 0.05) is 53.5 Å². The molecule has 1 heterocycles. The first-order chi connectivity index (χ1) is 14.0. The minimum atomic E-state index is -1.72. The number of methoxy groups -OCH3 is 2. The monoisotopic (exact) mass is 488 g/mol. The van der Waals surface area contributed by atoms with E-state index in [1.54, 1.807) is 6.07 Å².